The first-order valence-electron chi connectivity index (χ1n) is 9.44. The van der Waals surface area contributed by atoms with Crippen molar-refractivity contribution in [3.05, 3.63) is 74.8 Å². The molecule has 0 N–H and O–H groups in total. The molecule has 0 bridgehead atoms. The van der Waals surface area contributed by atoms with Crippen LogP contribution in [0.2, 0.25) is 5.02 Å². The molecule has 5 nitrogen and oxygen atoms in total. The second-order valence-corrected chi connectivity index (χ2v) is 7.79. The molecule has 0 aliphatic carbocycles. The van der Waals surface area contributed by atoms with Crippen molar-refractivity contribution in [1.82, 2.24) is 9.47 Å². The maximum Gasteiger partial charge on any atom is 0.259 e. The van der Waals surface area contributed by atoms with Gasteiger partial charge in [0, 0.05) is 55.5 Å². The number of fused-ring (bicyclic) bond motifs is 1. The zero-order valence-electron chi connectivity index (χ0n) is 16.3. The summed E-state index contributed by atoms with van der Waals surface area (Å²) in [6.45, 7) is 4.32. The molecule has 1 aliphatic heterocycles. The SMILES string of the molecule is Cc1ccc(Cl)cc1N1CCN(C(=O)c2cn(C)c3ccc(F)cc3c2=O)CC1. The normalized spacial score (nSPS) is 14.5. The van der Waals surface area contributed by atoms with Crippen LogP contribution >= 0.6 is 11.6 Å². The van der Waals surface area contributed by atoms with E-state index in [1.165, 1.54) is 12.1 Å². The Morgan fingerprint density at radius 1 is 1.07 bits per heavy atom. The Hall–Kier alpha value is -2.86. The summed E-state index contributed by atoms with van der Waals surface area (Å²) in [7, 11) is 1.75. The average molecular weight is 414 g/mol. The van der Waals surface area contributed by atoms with Crippen LogP contribution in [0.4, 0.5) is 10.1 Å². The smallest absolute Gasteiger partial charge is 0.259 e. The molecule has 1 amide bonds. The van der Waals surface area contributed by atoms with Crippen LogP contribution in [0.15, 0.2) is 47.4 Å². The largest absolute Gasteiger partial charge is 0.368 e. The first-order chi connectivity index (χ1) is 13.8. The van der Waals surface area contributed by atoms with Crippen LogP contribution in [0, 0.1) is 12.7 Å². The number of pyridine rings is 1. The first-order valence-corrected chi connectivity index (χ1v) is 9.82. The highest BCUT2D eigenvalue weighted by molar-refractivity contribution is 6.30. The molecule has 1 aromatic heterocycles. The van der Waals surface area contributed by atoms with E-state index in [0.717, 1.165) is 11.3 Å². The van der Waals surface area contributed by atoms with Crippen molar-refractivity contribution >= 4 is 34.1 Å². The number of aromatic nitrogens is 1. The zero-order chi connectivity index (χ0) is 20.7. The highest BCUT2D eigenvalue weighted by Crippen LogP contribution is 2.25. The molecule has 0 spiro atoms. The van der Waals surface area contributed by atoms with E-state index in [-0.39, 0.29) is 16.9 Å². The fraction of sp³-hybridized carbons (Fsp3) is 0.273. The van der Waals surface area contributed by atoms with Crippen LogP contribution in [0.5, 0.6) is 0 Å². The number of hydrogen-bond acceptors (Lipinski definition) is 3. The molecule has 29 heavy (non-hydrogen) atoms. The van der Waals surface area contributed by atoms with Gasteiger partial charge in [-0.3, -0.25) is 9.59 Å². The van der Waals surface area contributed by atoms with Crippen LogP contribution in [-0.4, -0.2) is 41.6 Å². The molecule has 1 aliphatic rings. The van der Waals surface area contributed by atoms with Gasteiger partial charge < -0.3 is 14.4 Å². The fourth-order valence-electron chi connectivity index (χ4n) is 3.86. The summed E-state index contributed by atoms with van der Waals surface area (Å²) in [5.41, 5.74) is 2.41. The van der Waals surface area contributed by atoms with E-state index in [2.05, 4.69) is 4.90 Å². The molecule has 0 saturated carbocycles. The summed E-state index contributed by atoms with van der Waals surface area (Å²) in [4.78, 5) is 29.7. The van der Waals surface area contributed by atoms with Crippen molar-refractivity contribution < 1.29 is 9.18 Å². The molecule has 0 atom stereocenters. The van der Waals surface area contributed by atoms with E-state index in [1.807, 2.05) is 25.1 Å². The molecule has 0 radical (unpaired) electrons. The lowest BCUT2D eigenvalue weighted by Crippen LogP contribution is -2.49. The van der Waals surface area contributed by atoms with Crippen molar-refractivity contribution in [2.45, 2.75) is 6.92 Å². The number of benzene rings is 2. The highest BCUT2D eigenvalue weighted by atomic mass is 35.5. The molecular weight excluding hydrogens is 393 g/mol. The van der Waals surface area contributed by atoms with Crippen LogP contribution in [0.3, 0.4) is 0 Å². The van der Waals surface area contributed by atoms with Gasteiger partial charge >= 0.3 is 0 Å². The Morgan fingerprint density at radius 3 is 2.52 bits per heavy atom. The molecule has 7 heteroatoms. The van der Waals surface area contributed by atoms with Gasteiger partial charge in [0.25, 0.3) is 5.91 Å². The van der Waals surface area contributed by atoms with E-state index in [9.17, 15) is 14.0 Å². The minimum absolute atomic E-state index is 0.0676. The summed E-state index contributed by atoms with van der Waals surface area (Å²) in [5.74, 6) is -0.816. The Balaban J connectivity index is 1.58. The summed E-state index contributed by atoms with van der Waals surface area (Å²) < 4.78 is 15.3. The van der Waals surface area contributed by atoms with Gasteiger partial charge in [-0.15, -0.1) is 0 Å². The van der Waals surface area contributed by atoms with E-state index < -0.39 is 11.2 Å². The van der Waals surface area contributed by atoms with Gasteiger partial charge in [0.1, 0.15) is 11.4 Å². The molecule has 1 saturated heterocycles. The predicted octanol–water partition coefficient (Wildman–Crippen LogP) is 3.60. The highest BCUT2D eigenvalue weighted by Gasteiger charge is 2.25. The van der Waals surface area contributed by atoms with Crippen LogP contribution in [0.25, 0.3) is 10.9 Å². The zero-order valence-corrected chi connectivity index (χ0v) is 17.0. The van der Waals surface area contributed by atoms with Gasteiger partial charge in [-0.25, -0.2) is 4.39 Å². The van der Waals surface area contributed by atoms with E-state index in [4.69, 9.17) is 11.6 Å². The minimum atomic E-state index is -0.496. The van der Waals surface area contributed by atoms with Gasteiger partial charge in [0.05, 0.1) is 5.52 Å². The number of nitrogens with zero attached hydrogens (tertiary/aromatic N) is 3. The van der Waals surface area contributed by atoms with Gasteiger partial charge in [0.2, 0.25) is 5.43 Å². The van der Waals surface area contributed by atoms with Crippen LogP contribution in [0.1, 0.15) is 15.9 Å². The summed E-state index contributed by atoms with van der Waals surface area (Å²) >= 11 is 6.13. The van der Waals surface area contributed by atoms with Gasteiger partial charge in [-0.1, -0.05) is 17.7 Å². The summed E-state index contributed by atoms with van der Waals surface area (Å²) in [5, 5.41) is 0.891. The lowest BCUT2D eigenvalue weighted by Gasteiger charge is -2.36. The molecule has 0 unspecified atom stereocenters. The van der Waals surface area contributed by atoms with E-state index >= 15 is 0 Å². The van der Waals surface area contributed by atoms with Crippen LogP contribution < -0.4 is 10.3 Å². The van der Waals surface area contributed by atoms with Crippen molar-refractivity contribution in [3.8, 4) is 0 Å². The van der Waals surface area contributed by atoms with Crippen molar-refractivity contribution in [2.75, 3.05) is 31.1 Å². The Bertz CT molecular complexity index is 1170. The summed E-state index contributed by atoms with van der Waals surface area (Å²) in [6, 6.07) is 9.81. The minimum Gasteiger partial charge on any atom is -0.368 e. The van der Waals surface area contributed by atoms with Crippen molar-refractivity contribution in [3.63, 3.8) is 0 Å². The number of carbonyl (C=O) groups is 1. The third-order valence-electron chi connectivity index (χ3n) is 5.46. The maximum atomic E-state index is 13.6. The number of piperazine rings is 1. The Labute approximate surface area is 172 Å². The lowest BCUT2D eigenvalue weighted by molar-refractivity contribution is 0.0745. The average Bonchev–Trinajstić information content (AvgIpc) is 2.72. The number of aryl methyl sites for hydroxylation is 2. The third-order valence-corrected chi connectivity index (χ3v) is 5.69. The number of carbonyl (C=O) groups excluding carboxylic acids is 1. The molecule has 150 valence electrons. The fourth-order valence-corrected chi connectivity index (χ4v) is 4.03. The molecule has 3 aromatic rings. The standard InChI is InChI=1S/C22H21ClFN3O2/c1-14-3-4-15(23)11-20(14)26-7-9-27(10-8-26)22(29)18-13-25(2)19-6-5-16(24)12-17(19)21(18)28/h3-6,11-13H,7-10H2,1-2H3. The number of amides is 1. The van der Waals surface area contributed by atoms with Gasteiger partial charge in [0.15, 0.2) is 0 Å². The van der Waals surface area contributed by atoms with Gasteiger partial charge in [-0.05, 0) is 42.8 Å². The lowest BCUT2D eigenvalue weighted by atomic mass is 10.1. The monoisotopic (exact) mass is 413 g/mol. The molecule has 2 aromatic carbocycles. The van der Waals surface area contributed by atoms with Crippen molar-refractivity contribution in [1.29, 1.82) is 0 Å². The van der Waals surface area contributed by atoms with E-state index in [1.54, 1.807) is 28.8 Å². The predicted molar refractivity (Wildman–Crippen MR) is 113 cm³/mol. The topological polar surface area (TPSA) is 45.5 Å². The quantitative estimate of drug-likeness (QED) is 0.644. The van der Waals surface area contributed by atoms with E-state index in [0.29, 0.717) is 36.7 Å². The third kappa shape index (κ3) is 3.60. The maximum absolute atomic E-state index is 13.6. The number of anilines is 1. The summed E-state index contributed by atoms with van der Waals surface area (Å²) in [6.07, 6.45) is 1.54. The second kappa shape index (κ2) is 7.52. The first kappa shape index (κ1) is 19.5. The molecule has 4 rings (SSSR count). The molecular formula is C22H21ClFN3O2. The molecule has 2 heterocycles. The molecule has 1 fully saturated rings. The van der Waals surface area contributed by atoms with Crippen molar-refractivity contribution in [2.24, 2.45) is 7.05 Å². The number of rotatable bonds is 2. The Morgan fingerprint density at radius 2 is 1.79 bits per heavy atom. The van der Waals surface area contributed by atoms with Gasteiger partial charge in [-0.2, -0.15) is 0 Å². The number of hydrogen-bond donors (Lipinski definition) is 0. The Kier molecular flexibility index (Phi) is 5.04. The number of halogens is 2. The van der Waals surface area contributed by atoms with Crippen LogP contribution in [-0.2, 0) is 7.05 Å². The second-order valence-electron chi connectivity index (χ2n) is 7.35.